The third kappa shape index (κ3) is 2.97. The molecule has 0 aliphatic heterocycles. The smallest absolute Gasteiger partial charge is 0.216 e. The molecule has 0 aliphatic carbocycles. The zero-order valence-electron chi connectivity index (χ0n) is 10.8. The van der Waals surface area contributed by atoms with Gasteiger partial charge in [0.05, 0.1) is 18.6 Å². The lowest BCUT2D eigenvalue weighted by Crippen LogP contribution is -2.10. The molecule has 0 fully saturated rings. The molecule has 2 aromatic heterocycles. The highest BCUT2D eigenvalue weighted by Gasteiger charge is 2.11. The van der Waals surface area contributed by atoms with E-state index in [0.717, 1.165) is 18.1 Å². The maximum absolute atomic E-state index is 5.46. The lowest BCUT2D eigenvalue weighted by atomic mass is 10.3. The minimum absolute atomic E-state index is 0.0510. The molecule has 2 heterocycles. The van der Waals surface area contributed by atoms with E-state index in [1.807, 2.05) is 20.8 Å². The van der Waals surface area contributed by atoms with Gasteiger partial charge in [-0.05, 0) is 20.8 Å². The van der Waals surface area contributed by atoms with Crippen LogP contribution in [-0.2, 0) is 0 Å². The number of hydrogen-bond donors (Lipinski definition) is 2. The maximum atomic E-state index is 5.46. The molecule has 1 atom stereocenters. The van der Waals surface area contributed by atoms with Crippen molar-refractivity contribution in [1.29, 1.82) is 0 Å². The van der Waals surface area contributed by atoms with Gasteiger partial charge >= 0.3 is 0 Å². The van der Waals surface area contributed by atoms with Crippen LogP contribution in [-0.4, -0.2) is 21.5 Å². The predicted molar refractivity (Wildman–Crippen MR) is 69.5 cm³/mol. The molecule has 6 nitrogen and oxygen atoms in total. The maximum Gasteiger partial charge on any atom is 0.216 e. The molecule has 0 saturated heterocycles. The number of hydrogen-bond acceptors (Lipinski definition) is 6. The molecule has 2 aromatic rings. The minimum Gasteiger partial charge on any atom is -0.444 e. The Morgan fingerprint density at radius 3 is 2.72 bits per heavy atom. The van der Waals surface area contributed by atoms with Gasteiger partial charge in [0.1, 0.15) is 23.4 Å². The summed E-state index contributed by atoms with van der Waals surface area (Å²) in [4.78, 5) is 12.7. The van der Waals surface area contributed by atoms with E-state index in [2.05, 4.69) is 25.6 Å². The standard InChI is InChI=1S/C12H17N5O/c1-4-14-10-6-13-7-11(17-10)16-9(3)12-15-5-8(2)18-12/h5-7,9H,4H2,1-3H3,(H2,14,16,17). The largest absolute Gasteiger partial charge is 0.444 e. The van der Waals surface area contributed by atoms with Crippen molar-refractivity contribution < 1.29 is 4.42 Å². The Kier molecular flexibility index (Phi) is 3.76. The van der Waals surface area contributed by atoms with E-state index in [-0.39, 0.29) is 6.04 Å². The Hall–Kier alpha value is -2.11. The Bertz CT molecular complexity index is 511. The normalized spacial score (nSPS) is 12.2. The van der Waals surface area contributed by atoms with E-state index >= 15 is 0 Å². The molecule has 0 saturated carbocycles. The second-order valence-electron chi connectivity index (χ2n) is 4.00. The van der Waals surface area contributed by atoms with Crippen LogP contribution in [0.1, 0.15) is 31.5 Å². The van der Waals surface area contributed by atoms with Crippen molar-refractivity contribution in [2.75, 3.05) is 17.2 Å². The van der Waals surface area contributed by atoms with Crippen LogP contribution in [0, 0.1) is 6.92 Å². The third-order valence-electron chi connectivity index (χ3n) is 2.37. The lowest BCUT2D eigenvalue weighted by Gasteiger charge is -2.11. The zero-order chi connectivity index (χ0) is 13.0. The van der Waals surface area contributed by atoms with Gasteiger partial charge in [-0.2, -0.15) is 0 Å². The molecule has 0 spiro atoms. The monoisotopic (exact) mass is 247 g/mol. The second kappa shape index (κ2) is 5.48. The predicted octanol–water partition coefficient (Wildman–Crippen LogP) is 2.38. The van der Waals surface area contributed by atoms with E-state index in [1.54, 1.807) is 18.6 Å². The van der Waals surface area contributed by atoms with Crippen molar-refractivity contribution in [1.82, 2.24) is 15.0 Å². The number of nitrogens with one attached hydrogen (secondary N) is 2. The molecule has 0 radical (unpaired) electrons. The first-order valence-corrected chi connectivity index (χ1v) is 5.94. The molecule has 0 amide bonds. The van der Waals surface area contributed by atoms with Gasteiger partial charge in [-0.25, -0.2) is 9.97 Å². The van der Waals surface area contributed by atoms with E-state index in [0.29, 0.717) is 11.7 Å². The van der Waals surface area contributed by atoms with Crippen molar-refractivity contribution in [3.05, 3.63) is 30.2 Å². The molecule has 2 rings (SSSR count). The minimum atomic E-state index is -0.0510. The summed E-state index contributed by atoms with van der Waals surface area (Å²) in [5.74, 6) is 2.88. The first-order chi connectivity index (χ1) is 8.69. The second-order valence-corrected chi connectivity index (χ2v) is 4.00. The quantitative estimate of drug-likeness (QED) is 0.844. The summed E-state index contributed by atoms with van der Waals surface area (Å²) < 4.78 is 5.46. The topological polar surface area (TPSA) is 75.9 Å². The fourth-order valence-electron chi connectivity index (χ4n) is 1.56. The average molecular weight is 247 g/mol. The summed E-state index contributed by atoms with van der Waals surface area (Å²) in [7, 11) is 0. The van der Waals surface area contributed by atoms with E-state index < -0.39 is 0 Å². The lowest BCUT2D eigenvalue weighted by molar-refractivity contribution is 0.453. The number of nitrogens with zero attached hydrogens (tertiary/aromatic N) is 3. The Labute approximate surface area is 106 Å². The van der Waals surface area contributed by atoms with Gasteiger partial charge in [-0.15, -0.1) is 0 Å². The van der Waals surface area contributed by atoms with Crippen LogP contribution in [0.3, 0.4) is 0 Å². The van der Waals surface area contributed by atoms with Crippen LogP contribution >= 0.6 is 0 Å². The number of anilines is 2. The van der Waals surface area contributed by atoms with Crippen molar-refractivity contribution in [2.24, 2.45) is 0 Å². The van der Waals surface area contributed by atoms with Gasteiger partial charge in [0, 0.05) is 6.54 Å². The molecule has 6 heteroatoms. The molecule has 1 unspecified atom stereocenters. The van der Waals surface area contributed by atoms with Crippen molar-refractivity contribution in [3.8, 4) is 0 Å². The van der Waals surface area contributed by atoms with Crippen LogP contribution in [0.2, 0.25) is 0 Å². The van der Waals surface area contributed by atoms with Crippen molar-refractivity contribution in [2.45, 2.75) is 26.8 Å². The SMILES string of the molecule is CCNc1cncc(NC(C)c2ncc(C)o2)n1. The molecule has 0 aromatic carbocycles. The number of aromatic nitrogens is 3. The Balaban J connectivity index is 2.06. The summed E-state index contributed by atoms with van der Waals surface area (Å²) in [6.45, 7) is 6.66. The van der Waals surface area contributed by atoms with Gasteiger partial charge in [0.25, 0.3) is 0 Å². The Morgan fingerprint density at radius 1 is 1.28 bits per heavy atom. The fraction of sp³-hybridized carbons (Fsp3) is 0.417. The highest BCUT2D eigenvalue weighted by Crippen LogP contribution is 2.17. The van der Waals surface area contributed by atoms with Crippen LogP contribution in [0.25, 0.3) is 0 Å². The van der Waals surface area contributed by atoms with E-state index in [1.165, 1.54) is 0 Å². The summed E-state index contributed by atoms with van der Waals surface area (Å²) in [5, 5.41) is 6.31. The summed E-state index contributed by atoms with van der Waals surface area (Å²) in [5.41, 5.74) is 0. The highest BCUT2D eigenvalue weighted by molar-refractivity contribution is 5.42. The van der Waals surface area contributed by atoms with Crippen molar-refractivity contribution in [3.63, 3.8) is 0 Å². The van der Waals surface area contributed by atoms with Crippen LogP contribution in [0.15, 0.2) is 23.0 Å². The third-order valence-corrected chi connectivity index (χ3v) is 2.37. The highest BCUT2D eigenvalue weighted by atomic mass is 16.4. The van der Waals surface area contributed by atoms with E-state index in [9.17, 15) is 0 Å². The average Bonchev–Trinajstić information content (AvgIpc) is 2.77. The van der Waals surface area contributed by atoms with Gasteiger partial charge in [-0.1, -0.05) is 0 Å². The Morgan fingerprint density at radius 2 is 2.06 bits per heavy atom. The van der Waals surface area contributed by atoms with Crippen molar-refractivity contribution >= 4 is 11.6 Å². The number of oxazole rings is 1. The van der Waals surface area contributed by atoms with Gasteiger partial charge < -0.3 is 15.1 Å². The molecule has 18 heavy (non-hydrogen) atoms. The first-order valence-electron chi connectivity index (χ1n) is 5.94. The summed E-state index contributed by atoms with van der Waals surface area (Å²) >= 11 is 0. The van der Waals surface area contributed by atoms with Gasteiger partial charge in [0.2, 0.25) is 5.89 Å². The molecular weight excluding hydrogens is 230 g/mol. The molecule has 96 valence electrons. The summed E-state index contributed by atoms with van der Waals surface area (Å²) in [6, 6.07) is -0.0510. The molecule has 0 aliphatic rings. The fourth-order valence-corrected chi connectivity index (χ4v) is 1.56. The molecular formula is C12H17N5O. The van der Waals surface area contributed by atoms with Gasteiger partial charge in [-0.3, -0.25) is 4.98 Å². The molecule has 0 bridgehead atoms. The number of rotatable bonds is 5. The van der Waals surface area contributed by atoms with Crippen LogP contribution in [0.4, 0.5) is 11.6 Å². The van der Waals surface area contributed by atoms with Crippen LogP contribution < -0.4 is 10.6 Å². The summed E-state index contributed by atoms with van der Waals surface area (Å²) in [6.07, 6.45) is 5.07. The molecule has 2 N–H and O–H groups in total. The number of aryl methyl sites for hydroxylation is 1. The first kappa shape index (κ1) is 12.3. The van der Waals surface area contributed by atoms with E-state index in [4.69, 9.17) is 4.42 Å². The van der Waals surface area contributed by atoms with Crippen LogP contribution in [0.5, 0.6) is 0 Å². The zero-order valence-corrected chi connectivity index (χ0v) is 10.8. The van der Waals surface area contributed by atoms with Gasteiger partial charge in [0.15, 0.2) is 0 Å².